The van der Waals surface area contributed by atoms with Crippen molar-refractivity contribution in [2.75, 3.05) is 19.8 Å². The summed E-state index contributed by atoms with van der Waals surface area (Å²) in [5.41, 5.74) is 4.53. The van der Waals surface area contributed by atoms with Gasteiger partial charge in [0.2, 0.25) is 15.9 Å². The van der Waals surface area contributed by atoms with E-state index in [0.717, 1.165) is 0 Å². The Morgan fingerprint density at radius 3 is 2.59 bits per heavy atom. The zero-order valence-electron chi connectivity index (χ0n) is 11.6. The predicted octanol–water partition coefficient (Wildman–Crippen LogP) is 1.66. The molecule has 0 unspecified atom stereocenters. The maximum atomic E-state index is 12.4. The highest BCUT2D eigenvalue weighted by Crippen LogP contribution is 2.31. The van der Waals surface area contributed by atoms with E-state index in [1.54, 1.807) is 6.07 Å². The van der Waals surface area contributed by atoms with Crippen LogP contribution >= 0.6 is 27.5 Å². The molecule has 0 saturated carbocycles. The fourth-order valence-corrected chi connectivity index (χ4v) is 4.44. The predicted molar refractivity (Wildman–Crippen MR) is 86.0 cm³/mol. The maximum Gasteiger partial charge on any atom is 0.242 e. The first kappa shape index (κ1) is 17.7. The number of primary amides is 1. The first-order chi connectivity index (χ1) is 10.3. The summed E-state index contributed by atoms with van der Waals surface area (Å²) in [6.07, 6.45) is 0.776. The number of carbonyl (C=O) groups is 1. The highest BCUT2D eigenvalue weighted by atomic mass is 79.9. The van der Waals surface area contributed by atoms with E-state index in [-0.39, 0.29) is 16.5 Å². The van der Waals surface area contributed by atoms with Crippen molar-refractivity contribution in [1.82, 2.24) is 4.72 Å². The summed E-state index contributed by atoms with van der Waals surface area (Å²) in [5, 5.41) is 0.0991. The van der Waals surface area contributed by atoms with Gasteiger partial charge in [0, 0.05) is 24.2 Å². The van der Waals surface area contributed by atoms with E-state index < -0.39 is 21.3 Å². The van der Waals surface area contributed by atoms with Crippen LogP contribution < -0.4 is 10.5 Å². The van der Waals surface area contributed by atoms with Crippen LogP contribution in [0.4, 0.5) is 0 Å². The summed E-state index contributed by atoms with van der Waals surface area (Å²) in [5.74, 6) is -0.527. The molecule has 1 aromatic carbocycles. The van der Waals surface area contributed by atoms with Crippen molar-refractivity contribution in [1.29, 1.82) is 0 Å². The van der Waals surface area contributed by atoms with E-state index >= 15 is 0 Å². The molecule has 0 aliphatic carbocycles. The van der Waals surface area contributed by atoms with Crippen LogP contribution in [0.3, 0.4) is 0 Å². The van der Waals surface area contributed by atoms with Gasteiger partial charge in [-0.15, -0.1) is 0 Å². The molecule has 0 bridgehead atoms. The van der Waals surface area contributed by atoms with Crippen LogP contribution in [0.2, 0.25) is 5.02 Å². The van der Waals surface area contributed by atoms with Crippen LogP contribution in [-0.2, 0) is 19.6 Å². The van der Waals surface area contributed by atoms with Crippen molar-refractivity contribution < 1.29 is 17.9 Å². The number of hydrogen-bond donors (Lipinski definition) is 2. The van der Waals surface area contributed by atoms with Gasteiger partial charge in [0.25, 0.3) is 0 Å². The normalized spacial score (nSPS) is 18.1. The molecule has 0 aromatic heterocycles. The number of benzene rings is 1. The molecule has 1 aromatic rings. The SMILES string of the molecule is NC(=O)C1(CNS(=O)(=O)c2ccc(Br)cc2Cl)CCOCC1. The lowest BCUT2D eigenvalue weighted by Crippen LogP contribution is -2.49. The van der Waals surface area contributed by atoms with E-state index in [9.17, 15) is 13.2 Å². The summed E-state index contributed by atoms with van der Waals surface area (Å²) >= 11 is 9.19. The number of sulfonamides is 1. The second-order valence-corrected chi connectivity index (χ2v) is 8.21. The van der Waals surface area contributed by atoms with Crippen molar-refractivity contribution in [2.24, 2.45) is 11.1 Å². The van der Waals surface area contributed by atoms with Crippen molar-refractivity contribution in [2.45, 2.75) is 17.7 Å². The number of nitrogens with two attached hydrogens (primary N) is 1. The third-order valence-corrected chi connectivity index (χ3v) is 6.13. The van der Waals surface area contributed by atoms with Gasteiger partial charge >= 0.3 is 0 Å². The van der Waals surface area contributed by atoms with Gasteiger partial charge in [0.1, 0.15) is 4.90 Å². The molecule has 1 fully saturated rings. The number of carbonyl (C=O) groups excluding carboxylic acids is 1. The first-order valence-electron chi connectivity index (χ1n) is 6.59. The molecule has 1 aliphatic heterocycles. The third kappa shape index (κ3) is 3.80. The molecule has 122 valence electrons. The fourth-order valence-electron chi connectivity index (χ4n) is 2.28. The van der Waals surface area contributed by atoms with Gasteiger partial charge < -0.3 is 10.5 Å². The van der Waals surface area contributed by atoms with Gasteiger partial charge in [-0.05, 0) is 31.0 Å². The van der Waals surface area contributed by atoms with E-state index in [0.29, 0.717) is 30.5 Å². The summed E-state index contributed by atoms with van der Waals surface area (Å²) in [7, 11) is -3.83. The Balaban J connectivity index is 2.19. The van der Waals surface area contributed by atoms with Crippen molar-refractivity contribution in [3.63, 3.8) is 0 Å². The third-order valence-electron chi connectivity index (χ3n) is 3.76. The highest BCUT2D eigenvalue weighted by molar-refractivity contribution is 9.10. The van der Waals surface area contributed by atoms with Gasteiger partial charge in [-0.3, -0.25) is 4.79 Å². The van der Waals surface area contributed by atoms with Crippen LogP contribution in [0, 0.1) is 5.41 Å². The molecule has 1 amide bonds. The average molecular weight is 412 g/mol. The quantitative estimate of drug-likeness (QED) is 0.770. The summed E-state index contributed by atoms with van der Waals surface area (Å²) < 4.78 is 33.1. The van der Waals surface area contributed by atoms with Gasteiger partial charge in [0.05, 0.1) is 10.4 Å². The minimum atomic E-state index is -3.83. The smallest absolute Gasteiger partial charge is 0.242 e. The van der Waals surface area contributed by atoms with Crippen molar-refractivity contribution >= 4 is 43.5 Å². The number of ether oxygens (including phenoxy) is 1. The Labute approximate surface area is 142 Å². The van der Waals surface area contributed by atoms with Gasteiger partial charge in [-0.1, -0.05) is 27.5 Å². The standard InChI is InChI=1S/C13H16BrClN2O4S/c14-9-1-2-11(10(15)7-9)22(19,20)17-8-13(12(16)18)3-5-21-6-4-13/h1-2,7,17H,3-6,8H2,(H2,16,18). The number of nitrogens with one attached hydrogen (secondary N) is 1. The topological polar surface area (TPSA) is 98.5 Å². The van der Waals surface area contributed by atoms with Crippen molar-refractivity contribution in [3.05, 3.63) is 27.7 Å². The van der Waals surface area contributed by atoms with Crippen LogP contribution in [0.1, 0.15) is 12.8 Å². The summed E-state index contributed by atoms with van der Waals surface area (Å²) in [6, 6.07) is 4.48. The lowest BCUT2D eigenvalue weighted by atomic mass is 9.80. The van der Waals surface area contributed by atoms with E-state index in [2.05, 4.69) is 20.7 Å². The molecule has 0 atom stereocenters. The summed E-state index contributed by atoms with van der Waals surface area (Å²) in [4.78, 5) is 11.7. The zero-order valence-corrected chi connectivity index (χ0v) is 14.8. The minimum absolute atomic E-state index is 0.0379. The Morgan fingerprint density at radius 1 is 1.41 bits per heavy atom. The monoisotopic (exact) mass is 410 g/mol. The lowest BCUT2D eigenvalue weighted by molar-refractivity contribution is -0.132. The van der Waals surface area contributed by atoms with Gasteiger partial charge in [0.15, 0.2) is 0 Å². The molecule has 22 heavy (non-hydrogen) atoms. The van der Waals surface area contributed by atoms with Gasteiger partial charge in [-0.2, -0.15) is 0 Å². The summed E-state index contributed by atoms with van der Waals surface area (Å²) in [6.45, 7) is 0.688. The molecule has 9 heteroatoms. The molecule has 0 spiro atoms. The Morgan fingerprint density at radius 2 is 2.05 bits per heavy atom. The molecule has 0 radical (unpaired) electrons. The average Bonchev–Trinajstić information content (AvgIpc) is 2.45. The van der Waals surface area contributed by atoms with Crippen LogP contribution in [-0.4, -0.2) is 34.1 Å². The minimum Gasteiger partial charge on any atom is -0.381 e. The molecular formula is C13H16BrClN2O4S. The molecule has 1 aliphatic rings. The van der Waals surface area contributed by atoms with Crippen molar-refractivity contribution in [3.8, 4) is 0 Å². The molecule has 1 saturated heterocycles. The van der Waals surface area contributed by atoms with E-state index in [1.807, 2.05) is 0 Å². The van der Waals surface area contributed by atoms with Crippen LogP contribution in [0.15, 0.2) is 27.6 Å². The number of amides is 1. The van der Waals surface area contributed by atoms with E-state index in [1.165, 1.54) is 12.1 Å². The molecule has 3 N–H and O–H groups in total. The second-order valence-electron chi connectivity index (χ2n) is 5.16. The van der Waals surface area contributed by atoms with Crippen LogP contribution in [0.25, 0.3) is 0 Å². The largest absolute Gasteiger partial charge is 0.381 e. The molecule has 1 heterocycles. The van der Waals surface area contributed by atoms with E-state index in [4.69, 9.17) is 22.1 Å². The second kappa shape index (κ2) is 6.84. The Bertz CT molecular complexity index is 675. The maximum absolute atomic E-state index is 12.4. The number of rotatable bonds is 5. The zero-order chi connectivity index (χ0) is 16.4. The molecular weight excluding hydrogens is 396 g/mol. The molecule has 6 nitrogen and oxygen atoms in total. The Kier molecular flexibility index (Phi) is 5.50. The highest BCUT2D eigenvalue weighted by Gasteiger charge is 2.39. The van der Waals surface area contributed by atoms with Crippen LogP contribution in [0.5, 0.6) is 0 Å². The van der Waals surface area contributed by atoms with Gasteiger partial charge in [-0.25, -0.2) is 13.1 Å². The Hall–Kier alpha value is -0.670. The number of halogens is 2. The first-order valence-corrected chi connectivity index (χ1v) is 9.25. The lowest BCUT2D eigenvalue weighted by Gasteiger charge is -2.34. The molecule has 2 rings (SSSR count). The number of hydrogen-bond acceptors (Lipinski definition) is 4. The fraction of sp³-hybridized carbons (Fsp3) is 0.462.